The number of methoxy groups -OCH3 is 1. The summed E-state index contributed by atoms with van der Waals surface area (Å²) in [5.74, 6) is 0. The van der Waals surface area contributed by atoms with Crippen molar-refractivity contribution >= 4 is 0 Å². The number of aromatic nitrogens is 2. The summed E-state index contributed by atoms with van der Waals surface area (Å²) >= 11 is 0. The molecule has 1 aromatic carbocycles. The number of halogens is 1. The summed E-state index contributed by atoms with van der Waals surface area (Å²) in [5.41, 5.74) is 10.1. The predicted octanol–water partition coefficient (Wildman–Crippen LogP) is 3.21. The first kappa shape index (κ1) is 14.0. The van der Waals surface area contributed by atoms with Gasteiger partial charge in [-0.3, -0.25) is 4.39 Å². The van der Waals surface area contributed by atoms with Crippen LogP contribution in [0.15, 0.2) is 47.8 Å². The summed E-state index contributed by atoms with van der Waals surface area (Å²) in [6.45, 7) is -0.774. The maximum absolute atomic E-state index is 12.9. The maximum Gasteiger partial charge on any atom is 0.101 e. The van der Waals surface area contributed by atoms with Crippen LogP contribution in [-0.4, -0.2) is 29.6 Å². The molecular weight excluding hydrogens is 261 g/mol. The smallest absolute Gasteiger partial charge is 0.101 e. The van der Waals surface area contributed by atoms with Gasteiger partial charge in [-0.1, -0.05) is 17.2 Å². The Hall–Kier alpha value is -2.37. The number of nitrogens with zero attached hydrogens (tertiary/aromatic N) is 5. The minimum atomic E-state index is -0.874. The van der Waals surface area contributed by atoms with E-state index in [4.69, 9.17) is 10.3 Å². The first-order valence-electron chi connectivity index (χ1n) is 6.03. The molecule has 0 amide bonds. The van der Waals surface area contributed by atoms with Gasteiger partial charge in [0.25, 0.3) is 0 Å². The van der Waals surface area contributed by atoms with E-state index in [1.807, 2.05) is 24.4 Å². The highest BCUT2D eigenvalue weighted by molar-refractivity contribution is 5.35. The van der Waals surface area contributed by atoms with Crippen LogP contribution in [0.1, 0.15) is 11.7 Å². The zero-order chi connectivity index (χ0) is 14.4. The summed E-state index contributed by atoms with van der Waals surface area (Å²) in [6.07, 6.45) is 2.90. The number of benzene rings is 1. The van der Waals surface area contributed by atoms with Crippen LogP contribution in [0.4, 0.5) is 4.39 Å². The second-order valence-corrected chi connectivity index (χ2v) is 4.13. The molecule has 2 rings (SSSR count). The van der Waals surface area contributed by atoms with Gasteiger partial charge in [0.05, 0.1) is 17.8 Å². The summed E-state index contributed by atoms with van der Waals surface area (Å²) in [6, 6.07) is 8.26. The molecule has 0 bridgehead atoms. The fraction of sp³-hybridized carbons (Fsp3) is 0.308. The van der Waals surface area contributed by atoms with E-state index < -0.39 is 18.8 Å². The van der Waals surface area contributed by atoms with Gasteiger partial charge in [-0.15, -0.1) is 0 Å². The highest BCUT2D eigenvalue weighted by atomic mass is 19.1. The Labute approximate surface area is 115 Å². The van der Waals surface area contributed by atoms with Gasteiger partial charge in [-0.05, 0) is 29.3 Å². The Balaban J connectivity index is 2.25. The van der Waals surface area contributed by atoms with E-state index in [1.54, 1.807) is 23.0 Å². The molecule has 0 fully saturated rings. The van der Waals surface area contributed by atoms with Gasteiger partial charge in [-0.25, -0.2) is 4.68 Å². The average molecular weight is 275 g/mol. The first-order chi connectivity index (χ1) is 9.80. The Morgan fingerprint density at radius 1 is 1.45 bits per heavy atom. The number of rotatable bonds is 6. The quantitative estimate of drug-likeness (QED) is 0.461. The molecule has 104 valence electrons. The zero-order valence-corrected chi connectivity index (χ0v) is 10.9. The lowest BCUT2D eigenvalue weighted by molar-refractivity contribution is 0.0722. The largest absolute Gasteiger partial charge is 0.376 e. The number of ether oxygens (including phenoxy) is 1. The fourth-order valence-corrected chi connectivity index (χ4v) is 1.99. The van der Waals surface area contributed by atoms with Crippen molar-refractivity contribution in [1.29, 1.82) is 0 Å². The predicted molar refractivity (Wildman–Crippen MR) is 72.2 cm³/mol. The van der Waals surface area contributed by atoms with Gasteiger partial charge in [0.15, 0.2) is 0 Å². The topological polar surface area (TPSA) is 75.8 Å². The van der Waals surface area contributed by atoms with Gasteiger partial charge < -0.3 is 4.74 Å². The molecule has 0 saturated heterocycles. The molecule has 0 saturated carbocycles. The Morgan fingerprint density at radius 2 is 2.20 bits per heavy atom. The molecule has 0 unspecified atom stereocenters. The van der Waals surface area contributed by atoms with E-state index in [0.29, 0.717) is 0 Å². The molecular formula is C13H14FN5O. The molecule has 2 aromatic rings. The molecule has 0 aliphatic rings. The summed E-state index contributed by atoms with van der Waals surface area (Å²) in [7, 11) is 1.46. The van der Waals surface area contributed by atoms with Gasteiger partial charge >= 0.3 is 0 Å². The molecule has 0 aliphatic heterocycles. The first-order valence-corrected chi connectivity index (χ1v) is 6.03. The van der Waals surface area contributed by atoms with Crippen LogP contribution in [0, 0.1) is 0 Å². The Bertz CT molecular complexity index is 577. The van der Waals surface area contributed by atoms with Crippen molar-refractivity contribution in [3.63, 3.8) is 0 Å². The normalized spacial score (nSPS) is 13.5. The lowest BCUT2D eigenvalue weighted by atomic mass is 10.0. The van der Waals surface area contributed by atoms with E-state index in [-0.39, 0.29) is 0 Å². The summed E-state index contributed by atoms with van der Waals surface area (Å²) in [4.78, 5) is 2.65. The molecule has 0 N–H and O–H groups in total. The van der Waals surface area contributed by atoms with E-state index >= 15 is 0 Å². The standard InChI is InChI=1S/C13H14FN5O/c1-20-13(12(9-14)17-18-15)10-3-5-11(6-4-10)19-8-2-7-16-19/h2-8,12-13H,9H2,1H3/t12-,13-/m1/s1. The van der Waals surface area contributed by atoms with Crippen LogP contribution >= 0.6 is 0 Å². The van der Waals surface area contributed by atoms with Crippen LogP contribution in [-0.2, 0) is 4.74 Å². The number of hydrogen-bond acceptors (Lipinski definition) is 3. The zero-order valence-electron chi connectivity index (χ0n) is 10.9. The molecule has 6 nitrogen and oxygen atoms in total. The Kier molecular flexibility index (Phi) is 4.70. The minimum Gasteiger partial charge on any atom is -0.376 e. The number of azide groups is 1. The van der Waals surface area contributed by atoms with Crippen LogP contribution < -0.4 is 0 Å². The average Bonchev–Trinajstić information content (AvgIpc) is 3.02. The lowest BCUT2D eigenvalue weighted by Crippen LogP contribution is -2.20. The molecule has 0 radical (unpaired) electrons. The molecule has 0 spiro atoms. The second-order valence-electron chi connectivity index (χ2n) is 4.13. The molecule has 7 heteroatoms. The second kappa shape index (κ2) is 6.70. The van der Waals surface area contributed by atoms with Gasteiger partial charge in [0, 0.05) is 24.4 Å². The molecule has 1 heterocycles. The third-order valence-electron chi connectivity index (χ3n) is 2.95. The summed E-state index contributed by atoms with van der Waals surface area (Å²) < 4.78 is 19.9. The Morgan fingerprint density at radius 3 is 2.70 bits per heavy atom. The van der Waals surface area contributed by atoms with E-state index in [1.165, 1.54) is 7.11 Å². The van der Waals surface area contributed by atoms with Crippen molar-refractivity contribution in [2.45, 2.75) is 12.1 Å². The molecule has 20 heavy (non-hydrogen) atoms. The third kappa shape index (κ3) is 2.96. The van der Waals surface area contributed by atoms with Crippen molar-refractivity contribution in [2.24, 2.45) is 5.11 Å². The fourth-order valence-electron chi connectivity index (χ4n) is 1.99. The highest BCUT2D eigenvalue weighted by Gasteiger charge is 2.22. The SMILES string of the molecule is CO[C@H](c1ccc(-n2cccn2)cc1)[C@@H](CF)N=[N+]=[N-]. The van der Waals surface area contributed by atoms with Gasteiger partial charge in [-0.2, -0.15) is 5.10 Å². The number of hydrogen-bond donors (Lipinski definition) is 0. The van der Waals surface area contributed by atoms with Crippen molar-refractivity contribution in [3.05, 3.63) is 58.7 Å². The summed E-state index contributed by atoms with van der Waals surface area (Å²) in [5, 5.41) is 7.55. The van der Waals surface area contributed by atoms with Crippen molar-refractivity contribution < 1.29 is 9.13 Å². The maximum atomic E-state index is 12.9. The van der Waals surface area contributed by atoms with Crippen molar-refractivity contribution in [1.82, 2.24) is 9.78 Å². The minimum absolute atomic E-state index is 0.609. The van der Waals surface area contributed by atoms with Gasteiger partial charge in [0.2, 0.25) is 0 Å². The van der Waals surface area contributed by atoms with Crippen LogP contribution in [0.2, 0.25) is 0 Å². The van der Waals surface area contributed by atoms with Crippen molar-refractivity contribution in [3.8, 4) is 5.69 Å². The van der Waals surface area contributed by atoms with Crippen molar-refractivity contribution in [2.75, 3.05) is 13.8 Å². The van der Waals surface area contributed by atoms with E-state index in [9.17, 15) is 4.39 Å². The van der Waals surface area contributed by atoms with Crippen LogP contribution in [0.5, 0.6) is 0 Å². The van der Waals surface area contributed by atoms with Crippen LogP contribution in [0.25, 0.3) is 16.1 Å². The molecule has 2 atom stereocenters. The molecule has 1 aromatic heterocycles. The van der Waals surface area contributed by atoms with Crippen LogP contribution in [0.3, 0.4) is 0 Å². The molecule has 0 aliphatic carbocycles. The third-order valence-corrected chi connectivity index (χ3v) is 2.95. The van der Waals surface area contributed by atoms with Gasteiger partial charge in [0.1, 0.15) is 6.67 Å². The van der Waals surface area contributed by atoms with E-state index in [0.717, 1.165) is 11.3 Å². The monoisotopic (exact) mass is 275 g/mol. The highest BCUT2D eigenvalue weighted by Crippen LogP contribution is 2.24. The van der Waals surface area contributed by atoms with E-state index in [2.05, 4.69) is 15.1 Å². The number of alkyl halides is 1. The lowest BCUT2D eigenvalue weighted by Gasteiger charge is -2.20.